The summed E-state index contributed by atoms with van der Waals surface area (Å²) in [6.07, 6.45) is 15.0. The van der Waals surface area contributed by atoms with Crippen molar-refractivity contribution < 1.29 is 9.90 Å². The zero-order chi connectivity index (χ0) is 28.7. The Kier molecular flexibility index (Phi) is 6.12. The van der Waals surface area contributed by atoms with Gasteiger partial charge in [0.15, 0.2) is 0 Å². The number of fused-ring (bicyclic) bond motifs is 6. The Morgan fingerprint density at radius 1 is 0.976 bits per heavy atom. The fourth-order valence-electron chi connectivity index (χ4n) is 9.55. The lowest BCUT2D eigenvalue weighted by Crippen LogP contribution is -2.46. The van der Waals surface area contributed by atoms with Crippen LogP contribution >= 0.6 is 0 Å². The summed E-state index contributed by atoms with van der Waals surface area (Å²) in [5.74, 6) is 2.72. The van der Waals surface area contributed by atoms with Gasteiger partial charge in [-0.3, -0.25) is 4.79 Å². The van der Waals surface area contributed by atoms with Crippen LogP contribution in [-0.2, 0) is 17.6 Å². The third kappa shape index (κ3) is 3.93. The van der Waals surface area contributed by atoms with E-state index in [1.165, 1.54) is 78.3 Å². The van der Waals surface area contributed by atoms with Crippen molar-refractivity contribution >= 4 is 5.91 Å². The number of likely N-dealkylation sites (tertiary alicyclic amines) is 1. The number of H-pyrrole nitrogens is 1. The van der Waals surface area contributed by atoms with Crippen LogP contribution in [0.4, 0.5) is 0 Å². The molecule has 1 aliphatic heterocycles. The molecule has 1 saturated heterocycles. The molecule has 3 fully saturated rings. The number of imidazole rings is 1. The Labute approximate surface area is 249 Å². The maximum Gasteiger partial charge on any atom is 0.240 e. The summed E-state index contributed by atoms with van der Waals surface area (Å²) in [4.78, 5) is 23.7. The summed E-state index contributed by atoms with van der Waals surface area (Å²) in [5.41, 5.74) is 17.4. The van der Waals surface area contributed by atoms with Gasteiger partial charge in [-0.05, 0) is 120 Å². The van der Waals surface area contributed by atoms with Gasteiger partial charge < -0.3 is 20.7 Å². The summed E-state index contributed by atoms with van der Waals surface area (Å²) < 4.78 is 0. The van der Waals surface area contributed by atoms with Crippen LogP contribution in [0.15, 0.2) is 30.5 Å². The number of phenols is 1. The lowest BCUT2D eigenvalue weighted by molar-refractivity contribution is -0.134. The number of carbonyl (C=O) groups is 1. The molecule has 0 radical (unpaired) electrons. The first-order chi connectivity index (χ1) is 20.3. The number of nitrogens with zero attached hydrogens (tertiary/aromatic N) is 2. The molecular weight excluding hydrogens is 520 g/mol. The van der Waals surface area contributed by atoms with E-state index in [1.54, 1.807) is 5.56 Å². The van der Waals surface area contributed by atoms with E-state index in [1.807, 2.05) is 31.0 Å². The summed E-state index contributed by atoms with van der Waals surface area (Å²) >= 11 is 0. The molecule has 5 aliphatic rings. The number of rotatable bonds is 5. The van der Waals surface area contributed by atoms with E-state index in [0.29, 0.717) is 23.0 Å². The average Bonchev–Trinajstić information content (AvgIpc) is 3.84. The van der Waals surface area contributed by atoms with Gasteiger partial charge >= 0.3 is 0 Å². The van der Waals surface area contributed by atoms with E-state index >= 15 is 0 Å². The first kappa shape index (κ1) is 26.5. The second-order valence-electron chi connectivity index (χ2n) is 14.5. The Balaban J connectivity index is 1.17. The number of aromatic nitrogens is 2. The van der Waals surface area contributed by atoms with E-state index in [2.05, 4.69) is 23.2 Å². The standard InChI is InChI=1S/C36H44N4O2/c1-20(2)33(37)35(42)40-15-5-6-29(40)34-38-19-28(39-34)25-10-9-24(31-21-7-8-22(16-21)32(25)31)23-11-12-30(41)27-18-36(17-26(23)27)13-3-4-14-36/h9-12,19-22,29,33,41H,3-8,13-18,37H2,1-2H3,(H,38,39). The molecule has 2 aromatic carbocycles. The normalized spacial score (nSPS) is 26.0. The number of hydrogen-bond acceptors (Lipinski definition) is 4. The maximum absolute atomic E-state index is 13.2. The lowest BCUT2D eigenvalue weighted by atomic mass is 9.80. The number of phenolic OH excluding ortho intramolecular Hbond substituents is 1. The van der Waals surface area contributed by atoms with Gasteiger partial charge in [-0.15, -0.1) is 0 Å². The Morgan fingerprint density at radius 2 is 1.67 bits per heavy atom. The van der Waals surface area contributed by atoms with Crippen molar-refractivity contribution in [3.05, 3.63) is 58.5 Å². The van der Waals surface area contributed by atoms with E-state index in [4.69, 9.17) is 10.7 Å². The van der Waals surface area contributed by atoms with E-state index in [9.17, 15) is 9.90 Å². The largest absolute Gasteiger partial charge is 0.508 e. The van der Waals surface area contributed by atoms with Crippen LogP contribution < -0.4 is 5.73 Å². The van der Waals surface area contributed by atoms with Crippen molar-refractivity contribution in [2.45, 2.75) is 108 Å². The first-order valence-corrected chi connectivity index (χ1v) is 16.5. The number of nitrogens with two attached hydrogens (primary N) is 1. The molecule has 6 heteroatoms. The highest BCUT2D eigenvalue weighted by Gasteiger charge is 2.44. The first-order valence-electron chi connectivity index (χ1n) is 16.5. The molecule has 8 rings (SSSR count). The third-order valence-electron chi connectivity index (χ3n) is 11.7. The Hall–Kier alpha value is -3.12. The van der Waals surface area contributed by atoms with Gasteiger partial charge in [-0.25, -0.2) is 4.98 Å². The van der Waals surface area contributed by atoms with E-state index in [0.717, 1.165) is 43.7 Å². The number of hydrogen-bond donors (Lipinski definition) is 3. The molecule has 220 valence electrons. The minimum absolute atomic E-state index is 0.0359. The van der Waals surface area contributed by atoms with Crippen LogP contribution in [0.25, 0.3) is 22.4 Å². The summed E-state index contributed by atoms with van der Waals surface area (Å²) in [7, 11) is 0. The molecule has 1 amide bonds. The molecule has 6 nitrogen and oxygen atoms in total. The molecule has 2 saturated carbocycles. The van der Waals surface area contributed by atoms with Gasteiger partial charge in [-0.1, -0.05) is 44.9 Å². The predicted octanol–water partition coefficient (Wildman–Crippen LogP) is 7.12. The molecular formula is C36H44N4O2. The van der Waals surface area contributed by atoms with Crippen LogP contribution in [0.2, 0.25) is 0 Å². The third-order valence-corrected chi connectivity index (χ3v) is 11.7. The molecule has 4 aliphatic carbocycles. The van der Waals surface area contributed by atoms with Gasteiger partial charge in [-0.2, -0.15) is 0 Å². The van der Waals surface area contributed by atoms with Crippen molar-refractivity contribution in [2.24, 2.45) is 17.1 Å². The monoisotopic (exact) mass is 564 g/mol. The number of aromatic amines is 1. The van der Waals surface area contributed by atoms with Gasteiger partial charge in [0.25, 0.3) is 0 Å². The second-order valence-corrected chi connectivity index (χ2v) is 14.5. The molecule has 42 heavy (non-hydrogen) atoms. The summed E-state index contributed by atoms with van der Waals surface area (Å²) in [5, 5.41) is 10.9. The summed E-state index contributed by atoms with van der Waals surface area (Å²) in [6.45, 7) is 4.76. The van der Waals surface area contributed by atoms with Gasteiger partial charge in [0.2, 0.25) is 5.91 Å². The Bertz CT molecular complexity index is 1560. The van der Waals surface area contributed by atoms with Crippen LogP contribution in [0.3, 0.4) is 0 Å². The van der Waals surface area contributed by atoms with Crippen molar-refractivity contribution in [3.63, 3.8) is 0 Å². The summed E-state index contributed by atoms with van der Waals surface area (Å²) in [6, 6.07) is 8.31. The molecule has 1 aromatic heterocycles. The average molecular weight is 565 g/mol. The van der Waals surface area contributed by atoms with Crippen LogP contribution in [-0.4, -0.2) is 38.5 Å². The number of benzene rings is 2. The Morgan fingerprint density at radius 3 is 2.43 bits per heavy atom. The van der Waals surface area contributed by atoms with Crippen molar-refractivity contribution in [3.8, 4) is 28.1 Å². The molecule has 1 spiro atoms. The quantitative estimate of drug-likeness (QED) is 0.307. The van der Waals surface area contributed by atoms with E-state index < -0.39 is 6.04 Å². The minimum atomic E-state index is -0.476. The van der Waals surface area contributed by atoms with Gasteiger partial charge in [0, 0.05) is 12.1 Å². The van der Waals surface area contributed by atoms with Crippen molar-refractivity contribution in [1.82, 2.24) is 14.9 Å². The van der Waals surface area contributed by atoms with Crippen LogP contribution in [0.1, 0.15) is 118 Å². The van der Waals surface area contributed by atoms with Crippen LogP contribution in [0.5, 0.6) is 5.75 Å². The second kappa shape index (κ2) is 9.70. The lowest BCUT2D eigenvalue weighted by Gasteiger charge is -2.27. The number of amides is 1. The number of nitrogens with one attached hydrogen (secondary N) is 1. The van der Waals surface area contributed by atoms with Gasteiger partial charge in [0.1, 0.15) is 11.6 Å². The van der Waals surface area contributed by atoms with Crippen molar-refractivity contribution in [1.29, 1.82) is 0 Å². The predicted molar refractivity (Wildman–Crippen MR) is 165 cm³/mol. The zero-order valence-electron chi connectivity index (χ0n) is 25.1. The molecule has 4 N–H and O–H groups in total. The van der Waals surface area contributed by atoms with E-state index in [-0.39, 0.29) is 17.9 Å². The van der Waals surface area contributed by atoms with Gasteiger partial charge in [0.05, 0.1) is 24.0 Å². The fraction of sp³-hybridized carbons (Fsp3) is 0.556. The SMILES string of the molecule is CC(C)C(N)C(=O)N1CCCC1c1ncc(-c2ccc(-c3ccc(O)c4c3CC3(CCCC3)C4)c3c2C2CCC3C2)[nH]1. The molecule has 3 aromatic rings. The minimum Gasteiger partial charge on any atom is -0.508 e. The maximum atomic E-state index is 13.2. The smallest absolute Gasteiger partial charge is 0.240 e. The molecule has 2 heterocycles. The number of carbonyl (C=O) groups excluding carboxylic acids is 1. The highest BCUT2D eigenvalue weighted by molar-refractivity contribution is 5.83. The number of aromatic hydroxyl groups is 1. The highest BCUT2D eigenvalue weighted by atomic mass is 16.3. The van der Waals surface area contributed by atoms with Crippen LogP contribution in [0, 0.1) is 11.3 Å². The fourth-order valence-corrected chi connectivity index (χ4v) is 9.55. The topological polar surface area (TPSA) is 95.2 Å². The molecule has 4 atom stereocenters. The molecule has 2 bridgehead atoms. The molecule has 4 unspecified atom stereocenters. The highest BCUT2D eigenvalue weighted by Crippen LogP contribution is 2.60. The zero-order valence-corrected chi connectivity index (χ0v) is 25.1. The van der Waals surface area contributed by atoms with Crippen molar-refractivity contribution in [2.75, 3.05) is 6.54 Å².